The van der Waals surface area contributed by atoms with Crippen molar-refractivity contribution in [2.75, 3.05) is 0 Å². The first-order chi connectivity index (χ1) is 0. The minimum Gasteiger partial charge on any atom is -2.00 e. The fourth-order valence-electron chi connectivity index (χ4n) is 0. The van der Waals surface area contributed by atoms with E-state index < -0.39 is 0 Å². The van der Waals surface area contributed by atoms with Crippen molar-refractivity contribution >= 4 is 48.9 Å². The molecule has 0 aliphatic rings. The fourth-order valence-corrected chi connectivity index (χ4v) is 0. The topological polar surface area (TPSA) is 28.5 Å². The Kier molecular flexibility index (Phi) is 105. The van der Waals surface area contributed by atoms with Gasteiger partial charge in [0.2, 0.25) is 0 Å². The molecule has 0 saturated heterocycles. The van der Waals surface area contributed by atoms with E-state index in [1.165, 1.54) is 0 Å². The molecule has 4 heavy (non-hydrogen) atoms. The summed E-state index contributed by atoms with van der Waals surface area (Å²) >= 11 is 0. The second-order valence-electron chi connectivity index (χ2n) is 0. The van der Waals surface area contributed by atoms with Crippen LogP contribution in [-0.4, -0.2) is 48.9 Å². The Bertz CT molecular complexity index is 8.00. The molecule has 8 valence electrons. The third-order valence-corrected chi connectivity index (χ3v) is 0. The fraction of sp³-hybridized carbons (Fsp3) is 0. The molecule has 0 radical (unpaired) electrons. The molecular weight excluding hydrogens is 340 g/mol. The smallest absolute Gasteiger partial charge is 2.00 e. The molecule has 0 unspecified atom stereocenters. The molecule has 0 bridgehead atoms. The second kappa shape index (κ2) is 16.1. The summed E-state index contributed by atoms with van der Waals surface area (Å²) in [4.78, 5) is 0. The summed E-state index contributed by atoms with van der Waals surface area (Å²) in [5.74, 6) is 0. The largest absolute Gasteiger partial charge is 4.00 e. The molecule has 4 heteroatoms. The standard InChI is InChI=1S/Ba.La.O.Ti/q+2;+3;-2;+4. The van der Waals surface area contributed by atoms with Crippen LogP contribution in [0, 0.1) is 35.6 Å². The molecule has 0 spiro atoms. The molecular formula is BaLaOTi+7. The molecule has 0 N–H and O–H groups in total. The van der Waals surface area contributed by atoms with E-state index in [1.54, 1.807) is 0 Å². The summed E-state index contributed by atoms with van der Waals surface area (Å²) in [6.07, 6.45) is 0. The van der Waals surface area contributed by atoms with Gasteiger partial charge in [-0.3, -0.25) is 0 Å². The Labute approximate surface area is 109 Å². The summed E-state index contributed by atoms with van der Waals surface area (Å²) < 4.78 is 0. The summed E-state index contributed by atoms with van der Waals surface area (Å²) in [7, 11) is 0. The van der Waals surface area contributed by atoms with Crippen molar-refractivity contribution < 1.29 is 62.8 Å². The molecule has 0 saturated carbocycles. The summed E-state index contributed by atoms with van der Waals surface area (Å²) in [5.41, 5.74) is 0. The third-order valence-electron chi connectivity index (χ3n) is 0. The van der Waals surface area contributed by atoms with Crippen LogP contribution in [0.2, 0.25) is 0 Å². The van der Waals surface area contributed by atoms with Crippen LogP contribution >= 0.6 is 0 Å². The first-order valence-corrected chi connectivity index (χ1v) is 0. The zero-order valence-electron chi connectivity index (χ0n) is 2.19. The van der Waals surface area contributed by atoms with Crippen molar-refractivity contribution in [1.82, 2.24) is 0 Å². The molecule has 0 aliphatic heterocycles. The molecule has 0 fully saturated rings. The van der Waals surface area contributed by atoms with Crippen LogP contribution in [0.3, 0.4) is 0 Å². The van der Waals surface area contributed by atoms with Crippen molar-refractivity contribution in [1.29, 1.82) is 0 Å². The minimum absolute atomic E-state index is 0. The van der Waals surface area contributed by atoms with E-state index in [-0.39, 0.29) is 112 Å². The molecule has 0 rings (SSSR count). The molecule has 0 heterocycles. The van der Waals surface area contributed by atoms with E-state index >= 15 is 0 Å². The number of rotatable bonds is 0. The van der Waals surface area contributed by atoms with Gasteiger partial charge in [0.25, 0.3) is 0 Å². The van der Waals surface area contributed by atoms with Gasteiger partial charge in [0.15, 0.2) is 0 Å². The Morgan fingerprint density at radius 2 is 1.00 bits per heavy atom. The van der Waals surface area contributed by atoms with E-state index in [9.17, 15) is 0 Å². The van der Waals surface area contributed by atoms with Gasteiger partial charge in [-0.1, -0.05) is 0 Å². The van der Waals surface area contributed by atoms with Gasteiger partial charge in [-0.25, -0.2) is 0 Å². The normalized spacial score (nSPS) is 0. The molecule has 0 aliphatic carbocycles. The van der Waals surface area contributed by atoms with Crippen LogP contribution in [0.5, 0.6) is 0 Å². The Morgan fingerprint density at radius 3 is 1.00 bits per heavy atom. The first kappa shape index (κ1) is 26.1. The van der Waals surface area contributed by atoms with E-state index in [0.29, 0.717) is 0 Å². The maximum Gasteiger partial charge on any atom is 4.00 e. The minimum atomic E-state index is 0. The predicted molar refractivity (Wildman–Crippen MR) is 6.44 cm³/mol. The van der Waals surface area contributed by atoms with Gasteiger partial charge in [-0.05, 0) is 0 Å². The monoisotopic (exact) mass is 341 g/mol. The van der Waals surface area contributed by atoms with Crippen molar-refractivity contribution in [3.05, 3.63) is 0 Å². The Balaban J connectivity index is 0. The molecule has 0 aromatic rings. The SMILES string of the molecule is [Ba+2].[La+3].[O-2].[Ti+4]. The predicted octanol–water partition coefficient (Wildman–Crippen LogP) is -0.502. The van der Waals surface area contributed by atoms with Crippen LogP contribution in [0.4, 0.5) is 0 Å². The van der Waals surface area contributed by atoms with E-state index in [1.807, 2.05) is 0 Å². The second-order valence-corrected chi connectivity index (χ2v) is 0. The maximum atomic E-state index is 0. The van der Waals surface area contributed by atoms with E-state index in [4.69, 9.17) is 0 Å². The van der Waals surface area contributed by atoms with Crippen LogP contribution < -0.4 is 0 Å². The zero-order valence-corrected chi connectivity index (χ0v) is 11.8. The van der Waals surface area contributed by atoms with Crippen molar-refractivity contribution in [2.45, 2.75) is 0 Å². The van der Waals surface area contributed by atoms with Crippen molar-refractivity contribution in [3.63, 3.8) is 0 Å². The molecule has 0 amide bonds. The zero-order chi connectivity index (χ0) is 0. The van der Waals surface area contributed by atoms with Gasteiger partial charge >= 0.3 is 106 Å². The van der Waals surface area contributed by atoms with Crippen LogP contribution in [0.1, 0.15) is 0 Å². The van der Waals surface area contributed by atoms with Crippen LogP contribution in [-0.2, 0) is 27.2 Å². The van der Waals surface area contributed by atoms with E-state index in [0.717, 1.165) is 0 Å². The van der Waals surface area contributed by atoms with Crippen LogP contribution in [0.25, 0.3) is 0 Å². The Hall–Kier alpha value is 3.44. The first-order valence-electron chi connectivity index (χ1n) is 0. The summed E-state index contributed by atoms with van der Waals surface area (Å²) in [6, 6.07) is 0. The molecule has 0 aromatic heterocycles. The van der Waals surface area contributed by atoms with Gasteiger partial charge in [0.1, 0.15) is 0 Å². The van der Waals surface area contributed by atoms with Gasteiger partial charge < -0.3 is 5.48 Å². The molecule has 0 aromatic carbocycles. The number of hydrogen-bond donors (Lipinski definition) is 0. The van der Waals surface area contributed by atoms with E-state index in [2.05, 4.69) is 0 Å². The average molecular weight is 340 g/mol. The van der Waals surface area contributed by atoms with Gasteiger partial charge in [0, 0.05) is 0 Å². The summed E-state index contributed by atoms with van der Waals surface area (Å²) in [6.45, 7) is 0. The quantitative estimate of drug-likeness (QED) is 0.532. The van der Waals surface area contributed by atoms with Crippen molar-refractivity contribution in [3.8, 4) is 0 Å². The maximum absolute atomic E-state index is 0. The average Bonchev–Trinajstić information content (AvgIpc) is 0. The van der Waals surface area contributed by atoms with Crippen LogP contribution in [0.15, 0.2) is 0 Å². The molecule has 0 atom stereocenters. The van der Waals surface area contributed by atoms with Gasteiger partial charge in [0.05, 0.1) is 0 Å². The third kappa shape index (κ3) is 9.06. The number of hydrogen-bond acceptors (Lipinski definition) is 0. The Morgan fingerprint density at radius 1 is 1.00 bits per heavy atom. The summed E-state index contributed by atoms with van der Waals surface area (Å²) in [5, 5.41) is 0. The molecule has 1 nitrogen and oxygen atoms in total. The van der Waals surface area contributed by atoms with Gasteiger partial charge in [-0.15, -0.1) is 0 Å². The van der Waals surface area contributed by atoms with Crippen molar-refractivity contribution in [2.24, 2.45) is 0 Å². The van der Waals surface area contributed by atoms with Gasteiger partial charge in [-0.2, -0.15) is 0 Å².